The highest BCUT2D eigenvalue weighted by Crippen LogP contribution is 2.09. The Morgan fingerprint density at radius 1 is 1.50 bits per heavy atom. The molecule has 0 aromatic heterocycles. The molecule has 74 valence electrons. The summed E-state index contributed by atoms with van der Waals surface area (Å²) in [5, 5.41) is 11.8. The van der Waals surface area contributed by atoms with E-state index in [9.17, 15) is 4.79 Å². The lowest BCUT2D eigenvalue weighted by Gasteiger charge is -2.13. The van der Waals surface area contributed by atoms with Crippen LogP contribution in [0.4, 0.5) is 5.69 Å². The molecule has 14 heavy (non-hydrogen) atoms. The number of hydrogen-bond acceptors (Lipinski definition) is 2. The molecular weight excluding hydrogens is 178 g/mol. The van der Waals surface area contributed by atoms with Crippen LogP contribution in [0.2, 0.25) is 0 Å². The Labute approximate surface area is 83.1 Å². The molecule has 0 aliphatic heterocycles. The largest absolute Gasteiger partial charge is 0.480 e. The molecule has 1 aromatic carbocycles. The van der Waals surface area contributed by atoms with Crippen LogP contribution in [0.1, 0.15) is 6.42 Å². The number of hydrogen-bond donors (Lipinski definition) is 2. The lowest BCUT2D eigenvalue weighted by molar-refractivity contribution is -0.137. The summed E-state index contributed by atoms with van der Waals surface area (Å²) < 4.78 is 0. The van der Waals surface area contributed by atoms with Gasteiger partial charge < -0.3 is 10.4 Å². The maximum Gasteiger partial charge on any atom is 0.326 e. The number of carbonyl (C=O) groups is 1. The molecule has 0 saturated heterocycles. The van der Waals surface area contributed by atoms with Gasteiger partial charge in [0, 0.05) is 5.69 Å². The van der Waals surface area contributed by atoms with E-state index in [2.05, 4.69) is 11.9 Å². The summed E-state index contributed by atoms with van der Waals surface area (Å²) >= 11 is 0. The maximum absolute atomic E-state index is 10.8. The van der Waals surface area contributed by atoms with Gasteiger partial charge in [-0.15, -0.1) is 6.58 Å². The van der Waals surface area contributed by atoms with E-state index in [-0.39, 0.29) is 0 Å². The standard InChI is InChI=1S/C11H13NO2/c1-2-6-10(11(13)14)12-9-7-4-3-5-8-9/h2-5,7-8,10,12H,1,6H2,(H,13,14)/t10-/m0/s1. The van der Waals surface area contributed by atoms with E-state index in [1.54, 1.807) is 6.08 Å². The number of carboxylic acid groups (broad SMARTS) is 1. The van der Waals surface area contributed by atoms with E-state index >= 15 is 0 Å². The predicted molar refractivity (Wildman–Crippen MR) is 56.3 cm³/mol. The molecule has 1 rings (SSSR count). The average molecular weight is 191 g/mol. The first kappa shape index (κ1) is 10.3. The molecule has 3 nitrogen and oxygen atoms in total. The van der Waals surface area contributed by atoms with Crippen molar-refractivity contribution >= 4 is 11.7 Å². The summed E-state index contributed by atoms with van der Waals surface area (Å²) in [6.45, 7) is 3.52. The van der Waals surface area contributed by atoms with Crippen molar-refractivity contribution in [1.82, 2.24) is 0 Å². The first-order valence-electron chi connectivity index (χ1n) is 4.39. The van der Waals surface area contributed by atoms with Gasteiger partial charge in [-0.05, 0) is 18.6 Å². The van der Waals surface area contributed by atoms with Crippen molar-refractivity contribution in [1.29, 1.82) is 0 Å². The van der Waals surface area contributed by atoms with Gasteiger partial charge in [0.1, 0.15) is 6.04 Å². The van der Waals surface area contributed by atoms with Crippen molar-refractivity contribution in [3.63, 3.8) is 0 Å². The van der Waals surface area contributed by atoms with Crippen LogP contribution in [0.25, 0.3) is 0 Å². The second kappa shape index (κ2) is 5.07. The topological polar surface area (TPSA) is 49.3 Å². The fourth-order valence-electron chi connectivity index (χ4n) is 1.12. The molecule has 2 N–H and O–H groups in total. The van der Waals surface area contributed by atoms with Crippen LogP contribution in [0.15, 0.2) is 43.0 Å². The zero-order chi connectivity index (χ0) is 10.4. The van der Waals surface area contributed by atoms with E-state index < -0.39 is 12.0 Å². The number of nitrogens with one attached hydrogen (secondary N) is 1. The Kier molecular flexibility index (Phi) is 3.73. The number of para-hydroxylation sites is 1. The first-order chi connectivity index (χ1) is 6.74. The average Bonchev–Trinajstić information content (AvgIpc) is 2.18. The lowest BCUT2D eigenvalue weighted by atomic mass is 10.2. The van der Waals surface area contributed by atoms with Gasteiger partial charge in [-0.3, -0.25) is 0 Å². The monoisotopic (exact) mass is 191 g/mol. The number of rotatable bonds is 5. The minimum absolute atomic E-state index is 0.407. The molecule has 0 unspecified atom stereocenters. The third-order valence-electron chi connectivity index (χ3n) is 1.82. The van der Waals surface area contributed by atoms with Crippen LogP contribution in [0.3, 0.4) is 0 Å². The molecule has 0 aliphatic carbocycles. The summed E-state index contributed by atoms with van der Waals surface area (Å²) in [5.74, 6) is -0.867. The smallest absolute Gasteiger partial charge is 0.326 e. The Hall–Kier alpha value is -1.77. The van der Waals surface area contributed by atoms with E-state index in [0.29, 0.717) is 6.42 Å². The van der Waals surface area contributed by atoms with E-state index in [0.717, 1.165) is 5.69 Å². The first-order valence-corrected chi connectivity index (χ1v) is 4.39. The van der Waals surface area contributed by atoms with Crippen molar-refractivity contribution in [2.45, 2.75) is 12.5 Å². The Balaban J connectivity index is 2.64. The molecule has 3 heteroatoms. The van der Waals surface area contributed by atoms with Crippen molar-refractivity contribution in [2.24, 2.45) is 0 Å². The SMILES string of the molecule is C=CC[C@H](Nc1ccccc1)C(=O)O. The minimum atomic E-state index is -0.867. The molecule has 0 bridgehead atoms. The van der Waals surface area contributed by atoms with Gasteiger partial charge in [-0.2, -0.15) is 0 Å². The number of benzene rings is 1. The summed E-state index contributed by atoms with van der Waals surface area (Å²) in [6.07, 6.45) is 2.00. The van der Waals surface area contributed by atoms with Gasteiger partial charge in [0.05, 0.1) is 0 Å². The number of anilines is 1. The molecule has 0 aliphatic rings. The maximum atomic E-state index is 10.8. The fraction of sp³-hybridized carbons (Fsp3) is 0.182. The Morgan fingerprint density at radius 3 is 2.64 bits per heavy atom. The molecule has 0 spiro atoms. The molecule has 0 fully saturated rings. The summed E-state index contributed by atoms with van der Waals surface area (Å²) in [6, 6.07) is 8.66. The highest BCUT2D eigenvalue weighted by molar-refractivity contribution is 5.77. The third-order valence-corrected chi connectivity index (χ3v) is 1.82. The van der Waals surface area contributed by atoms with Crippen LogP contribution >= 0.6 is 0 Å². The quantitative estimate of drug-likeness (QED) is 0.701. The molecule has 0 saturated carbocycles. The van der Waals surface area contributed by atoms with Gasteiger partial charge >= 0.3 is 5.97 Å². The normalized spacial score (nSPS) is 11.7. The van der Waals surface area contributed by atoms with Crippen molar-refractivity contribution in [3.8, 4) is 0 Å². The van der Waals surface area contributed by atoms with Crippen LogP contribution in [-0.4, -0.2) is 17.1 Å². The van der Waals surface area contributed by atoms with Gasteiger partial charge in [0.25, 0.3) is 0 Å². The summed E-state index contributed by atoms with van der Waals surface area (Å²) in [7, 11) is 0. The second-order valence-electron chi connectivity index (χ2n) is 2.93. The van der Waals surface area contributed by atoms with Gasteiger partial charge in [0.15, 0.2) is 0 Å². The zero-order valence-electron chi connectivity index (χ0n) is 7.81. The highest BCUT2D eigenvalue weighted by atomic mass is 16.4. The number of aliphatic carboxylic acids is 1. The van der Waals surface area contributed by atoms with E-state index in [1.807, 2.05) is 30.3 Å². The van der Waals surface area contributed by atoms with Crippen molar-refractivity contribution in [3.05, 3.63) is 43.0 Å². The van der Waals surface area contributed by atoms with Crippen LogP contribution in [0, 0.1) is 0 Å². The highest BCUT2D eigenvalue weighted by Gasteiger charge is 2.14. The Bertz CT molecular complexity index is 308. The summed E-state index contributed by atoms with van der Waals surface area (Å²) in [5.41, 5.74) is 0.807. The molecule has 0 amide bonds. The van der Waals surface area contributed by atoms with E-state index in [1.165, 1.54) is 0 Å². The van der Waals surface area contributed by atoms with Crippen molar-refractivity contribution < 1.29 is 9.90 Å². The number of carboxylic acids is 1. The van der Waals surface area contributed by atoms with Crippen LogP contribution in [-0.2, 0) is 4.79 Å². The van der Waals surface area contributed by atoms with E-state index in [4.69, 9.17) is 5.11 Å². The third kappa shape index (κ3) is 2.94. The van der Waals surface area contributed by atoms with Gasteiger partial charge in [0.2, 0.25) is 0 Å². The molecular formula is C11H13NO2. The minimum Gasteiger partial charge on any atom is -0.480 e. The molecule has 1 atom stereocenters. The second-order valence-corrected chi connectivity index (χ2v) is 2.93. The van der Waals surface area contributed by atoms with Gasteiger partial charge in [-0.1, -0.05) is 24.3 Å². The lowest BCUT2D eigenvalue weighted by Crippen LogP contribution is -2.28. The predicted octanol–water partition coefficient (Wildman–Crippen LogP) is 2.13. The fourth-order valence-corrected chi connectivity index (χ4v) is 1.12. The molecule has 0 radical (unpaired) electrons. The summed E-state index contributed by atoms with van der Waals surface area (Å²) in [4.78, 5) is 10.8. The Morgan fingerprint density at radius 2 is 2.14 bits per heavy atom. The molecule has 1 aromatic rings. The van der Waals surface area contributed by atoms with Crippen LogP contribution < -0.4 is 5.32 Å². The zero-order valence-corrected chi connectivity index (χ0v) is 7.81. The molecule has 0 heterocycles. The van der Waals surface area contributed by atoms with Crippen molar-refractivity contribution in [2.75, 3.05) is 5.32 Å². The van der Waals surface area contributed by atoms with Gasteiger partial charge in [-0.25, -0.2) is 4.79 Å². The van der Waals surface area contributed by atoms with Crippen LogP contribution in [0.5, 0.6) is 0 Å².